The van der Waals surface area contributed by atoms with Crippen molar-refractivity contribution in [2.24, 2.45) is 5.73 Å². The van der Waals surface area contributed by atoms with Crippen LogP contribution in [0, 0.1) is 0 Å². The van der Waals surface area contributed by atoms with Gasteiger partial charge in [-0.2, -0.15) is 0 Å². The van der Waals surface area contributed by atoms with E-state index in [4.69, 9.17) is 5.73 Å². The second-order valence-corrected chi connectivity index (χ2v) is 4.87. The van der Waals surface area contributed by atoms with E-state index < -0.39 is 17.6 Å². The number of rotatable bonds is 4. The molecule has 2 unspecified atom stereocenters. The third-order valence-electron chi connectivity index (χ3n) is 2.50. The fourth-order valence-corrected chi connectivity index (χ4v) is 1.82. The Bertz CT molecular complexity index is 291. The van der Waals surface area contributed by atoms with Gasteiger partial charge >= 0.3 is 0 Å². The fraction of sp³-hybridized carbons (Fsp3) is 0.800. The van der Waals surface area contributed by atoms with Crippen molar-refractivity contribution in [3.8, 4) is 0 Å². The van der Waals surface area contributed by atoms with E-state index in [0.29, 0.717) is 13.0 Å². The number of aliphatic hydroxyl groups is 1. The molecule has 6 heteroatoms. The van der Waals surface area contributed by atoms with E-state index in [1.54, 1.807) is 13.8 Å². The average molecular weight is 229 g/mol. The first-order chi connectivity index (χ1) is 7.30. The van der Waals surface area contributed by atoms with Crippen molar-refractivity contribution in [2.75, 3.05) is 6.54 Å². The Morgan fingerprint density at radius 1 is 1.56 bits per heavy atom. The molecule has 1 fully saturated rings. The highest BCUT2D eigenvalue weighted by atomic mass is 16.3. The summed E-state index contributed by atoms with van der Waals surface area (Å²) in [5.74, 6) is -0.660. The number of aliphatic hydroxyl groups excluding tert-OH is 1. The number of hydrogen-bond donors (Lipinski definition) is 4. The number of amides is 2. The van der Waals surface area contributed by atoms with Crippen LogP contribution >= 0.6 is 0 Å². The van der Waals surface area contributed by atoms with Crippen LogP contribution in [-0.4, -0.2) is 41.2 Å². The molecule has 1 rings (SSSR count). The molecule has 1 saturated heterocycles. The summed E-state index contributed by atoms with van der Waals surface area (Å²) in [6.07, 6.45) is 0.0157. The molecule has 0 aromatic rings. The van der Waals surface area contributed by atoms with Gasteiger partial charge in [0.05, 0.1) is 12.1 Å². The zero-order valence-corrected chi connectivity index (χ0v) is 9.62. The molecule has 0 spiro atoms. The van der Waals surface area contributed by atoms with E-state index in [1.165, 1.54) is 0 Å². The van der Waals surface area contributed by atoms with Gasteiger partial charge in [0.15, 0.2) is 0 Å². The van der Waals surface area contributed by atoms with Gasteiger partial charge in [-0.1, -0.05) is 0 Å². The Morgan fingerprint density at radius 2 is 2.19 bits per heavy atom. The molecule has 0 radical (unpaired) electrons. The summed E-state index contributed by atoms with van der Waals surface area (Å²) in [6, 6.07) is -0.387. The standard InChI is InChI=1S/C10H19N3O3/c1-10(2,4-8(11)15)13-9(16)7-3-6(14)5-12-7/h6-7,12,14H,3-5H2,1-2H3,(H2,11,15)(H,13,16). The first-order valence-electron chi connectivity index (χ1n) is 5.32. The Labute approximate surface area is 94.6 Å². The van der Waals surface area contributed by atoms with Crippen LogP contribution in [0.2, 0.25) is 0 Å². The minimum atomic E-state index is -0.655. The van der Waals surface area contributed by atoms with Crippen molar-refractivity contribution in [1.29, 1.82) is 0 Å². The molecular formula is C10H19N3O3. The molecule has 16 heavy (non-hydrogen) atoms. The third-order valence-corrected chi connectivity index (χ3v) is 2.50. The van der Waals surface area contributed by atoms with Crippen LogP contribution in [0.25, 0.3) is 0 Å². The van der Waals surface area contributed by atoms with Gasteiger partial charge in [0.1, 0.15) is 0 Å². The molecule has 0 bridgehead atoms. The number of carbonyl (C=O) groups is 2. The SMILES string of the molecule is CC(C)(CC(N)=O)NC(=O)C1CC(O)CN1. The van der Waals surface area contributed by atoms with Crippen LogP contribution in [0.1, 0.15) is 26.7 Å². The predicted octanol–water partition coefficient (Wildman–Crippen LogP) is -1.52. The van der Waals surface area contributed by atoms with Gasteiger partial charge in [-0.15, -0.1) is 0 Å². The van der Waals surface area contributed by atoms with Crippen LogP contribution in [0.5, 0.6) is 0 Å². The summed E-state index contributed by atoms with van der Waals surface area (Å²) in [4.78, 5) is 22.5. The number of primary amides is 1. The van der Waals surface area contributed by atoms with E-state index in [0.717, 1.165) is 0 Å². The van der Waals surface area contributed by atoms with Crippen LogP contribution in [-0.2, 0) is 9.59 Å². The van der Waals surface area contributed by atoms with E-state index in [2.05, 4.69) is 10.6 Å². The monoisotopic (exact) mass is 229 g/mol. The Kier molecular flexibility index (Phi) is 3.88. The Balaban J connectivity index is 2.47. The van der Waals surface area contributed by atoms with Gasteiger partial charge in [-0.05, 0) is 20.3 Å². The quantitative estimate of drug-likeness (QED) is 0.470. The summed E-state index contributed by atoms with van der Waals surface area (Å²) >= 11 is 0. The fourth-order valence-electron chi connectivity index (χ4n) is 1.82. The van der Waals surface area contributed by atoms with Crippen LogP contribution in [0.3, 0.4) is 0 Å². The predicted molar refractivity (Wildman–Crippen MR) is 58.4 cm³/mol. The summed E-state index contributed by atoms with van der Waals surface area (Å²) < 4.78 is 0. The van der Waals surface area contributed by atoms with Gasteiger partial charge in [-0.3, -0.25) is 9.59 Å². The lowest BCUT2D eigenvalue weighted by atomic mass is 9.99. The molecule has 1 heterocycles. The lowest BCUT2D eigenvalue weighted by Gasteiger charge is -2.26. The third kappa shape index (κ3) is 3.79. The number of nitrogens with one attached hydrogen (secondary N) is 2. The van der Waals surface area contributed by atoms with E-state index in [9.17, 15) is 14.7 Å². The second kappa shape index (κ2) is 4.80. The molecule has 0 saturated carbocycles. The zero-order chi connectivity index (χ0) is 12.3. The first-order valence-corrected chi connectivity index (χ1v) is 5.32. The minimum Gasteiger partial charge on any atom is -0.392 e. The van der Waals surface area contributed by atoms with Crippen molar-refractivity contribution in [1.82, 2.24) is 10.6 Å². The maximum atomic E-state index is 11.8. The molecular weight excluding hydrogens is 210 g/mol. The maximum absolute atomic E-state index is 11.8. The number of nitrogens with two attached hydrogens (primary N) is 1. The maximum Gasteiger partial charge on any atom is 0.237 e. The summed E-state index contributed by atoms with van der Waals surface area (Å²) in [5.41, 5.74) is 4.43. The largest absolute Gasteiger partial charge is 0.392 e. The molecule has 92 valence electrons. The van der Waals surface area contributed by atoms with Gasteiger partial charge in [0.2, 0.25) is 11.8 Å². The number of carbonyl (C=O) groups excluding carboxylic acids is 2. The van der Waals surface area contributed by atoms with Crippen molar-refractivity contribution in [2.45, 2.75) is 44.4 Å². The molecule has 1 aliphatic rings. The summed E-state index contributed by atoms with van der Waals surface area (Å²) in [5, 5.41) is 14.9. The molecule has 5 N–H and O–H groups in total. The first kappa shape index (κ1) is 12.9. The van der Waals surface area contributed by atoms with Gasteiger partial charge in [-0.25, -0.2) is 0 Å². The van der Waals surface area contributed by atoms with E-state index >= 15 is 0 Å². The highest BCUT2D eigenvalue weighted by molar-refractivity contribution is 5.84. The number of β-amino-alcohol motifs (C(OH)–C–C–N with tert-alkyl or cyclic N) is 1. The Hall–Kier alpha value is -1.14. The molecule has 0 aromatic carbocycles. The lowest BCUT2D eigenvalue weighted by molar-refractivity contribution is -0.125. The molecule has 2 amide bonds. The number of hydrogen-bond acceptors (Lipinski definition) is 4. The summed E-state index contributed by atoms with van der Waals surface area (Å²) in [6.45, 7) is 3.90. The Morgan fingerprint density at radius 3 is 2.62 bits per heavy atom. The smallest absolute Gasteiger partial charge is 0.237 e. The molecule has 1 aliphatic heterocycles. The van der Waals surface area contributed by atoms with Crippen molar-refractivity contribution >= 4 is 11.8 Å². The summed E-state index contributed by atoms with van der Waals surface area (Å²) in [7, 11) is 0. The molecule has 0 aromatic heterocycles. The molecule has 6 nitrogen and oxygen atoms in total. The van der Waals surface area contributed by atoms with Crippen LogP contribution in [0.4, 0.5) is 0 Å². The van der Waals surface area contributed by atoms with Crippen molar-refractivity contribution < 1.29 is 14.7 Å². The minimum absolute atomic E-state index is 0.0913. The average Bonchev–Trinajstić information content (AvgIpc) is 2.47. The highest BCUT2D eigenvalue weighted by Crippen LogP contribution is 2.11. The molecule has 0 aliphatic carbocycles. The van der Waals surface area contributed by atoms with Gasteiger partial charge in [0.25, 0.3) is 0 Å². The van der Waals surface area contributed by atoms with Gasteiger partial charge < -0.3 is 21.5 Å². The van der Waals surface area contributed by atoms with Crippen molar-refractivity contribution in [3.63, 3.8) is 0 Å². The van der Waals surface area contributed by atoms with E-state index in [-0.39, 0.29) is 18.4 Å². The highest BCUT2D eigenvalue weighted by Gasteiger charge is 2.31. The van der Waals surface area contributed by atoms with Crippen LogP contribution in [0.15, 0.2) is 0 Å². The second-order valence-electron chi connectivity index (χ2n) is 4.87. The van der Waals surface area contributed by atoms with E-state index in [1.807, 2.05) is 0 Å². The van der Waals surface area contributed by atoms with Gasteiger partial charge in [0, 0.05) is 18.5 Å². The normalized spacial score (nSPS) is 25.4. The molecule has 2 atom stereocenters. The lowest BCUT2D eigenvalue weighted by Crippen LogP contribution is -2.51. The topological polar surface area (TPSA) is 104 Å². The van der Waals surface area contributed by atoms with Crippen molar-refractivity contribution in [3.05, 3.63) is 0 Å². The zero-order valence-electron chi connectivity index (χ0n) is 9.62. The van der Waals surface area contributed by atoms with Crippen LogP contribution < -0.4 is 16.4 Å².